The van der Waals surface area contributed by atoms with E-state index in [4.69, 9.17) is 31.4 Å². The molecule has 0 amide bonds. The van der Waals surface area contributed by atoms with Gasteiger partial charge in [-0.25, -0.2) is 0 Å². The molecule has 8 nitrogen and oxygen atoms in total. The summed E-state index contributed by atoms with van der Waals surface area (Å²) in [7, 11) is 0. The van der Waals surface area contributed by atoms with Gasteiger partial charge in [-0.15, -0.1) is 0 Å². The number of anilines is 2. The number of hydrogen-bond acceptors (Lipinski definition) is 7. The van der Waals surface area contributed by atoms with Gasteiger partial charge in [-0.1, -0.05) is 24.3 Å². The summed E-state index contributed by atoms with van der Waals surface area (Å²) in [4.78, 5) is 11.6. The molecule has 5 rings (SSSR count). The van der Waals surface area contributed by atoms with Crippen LogP contribution in [0.25, 0.3) is 0 Å². The van der Waals surface area contributed by atoms with Gasteiger partial charge in [0.1, 0.15) is 11.6 Å². The predicted molar refractivity (Wildman–Crippen MR) is 135 cm³/mol. The lowest BCUT2D eigenvalue weighted by molar-refractivity contribution is 0.174. The van der Waals surface area contributed by atoms with Crippen molar-refractivity contribution in [3.05, 3.63) is 60.2 Å². The number of aromatic nitrogens is 2. The molecule has 0 saturated carbocycles. The zero-order valence-corrected chi connectivity index (χ0v) is 19.8. The molecule has 9 heteroatoms. The molecule has 3 aromatic rings. The Hall–Kier alpha value is -3.59. The Balaban J connectivity index is 1.31. The van der Waals surface area contributed by atoms with Crippen LogP contribution >= 0.6 is 12.2 Å². The van der Waals surface area contributed by atoms with Crippen molar-refractivity contribution in [1.29, 1.82) is 0 Å². The Morgan fingerprint density at radius 2 is 1.94 bits per heavy atom. The normalized spacial score (nSPS) is 16.7. The van der Waals surface area contributed by atoms with Crippen molar-refractivity contribution in [3.63, 3.8) is 0 Å². The van der Waals surface area contributed by atoms with Crippen LogP contribution in [-0.2, 0) is 6.54 Å². The van der Waals surface area contributed by atoms with Crippen LogP contribution in [0.5, 0.6) is 23.1 Å². The van der Waals surface area contributed by atoms with Gasteiger partial charge in [-0.05, 0) is 68.2 Å². The number of thiocarbonyl (C=S) groups is 1. The van der Waals surface area contributed by atoms with Crippen LogP contribution in [0.1, 0.15) is 31.7 Å². The van der Waals surface area contributed by atoms with Crippen LogP contribution in [0.3, 0.4) is 0 Å². The fourth-order valence-corrected chi connectivity index (χ4v) is 4.26. The summed E-state index contributed by atoms with van der Waals surface area (Å²) in [5.74, 6) is 3.90. The summed E-state index contributed by atoms with van der Waals surface area (Å²) < 4.78 is 16.8. The van der Waals surface area contributed by atoms with E-state index in [-0.39, 0.29) is 6.79 Å². The molecule has 34 heavy (non-hydrogen) atoms. The molecule has 1 saturated heterocycles. The van der Waals surface area contributed by atoms with E-state index in [0.717, 1.165) is 42.3 Å². The molecule has 2 aliphatic rings. The van der Waals surface area contributed by atoms with Gasteiger partial charge in [0.15, 0.2) is 16.6 Å². The smallest absolute Gasteiger partial charge is 0.234 e. The van der Waals surface area contributed by atoms with Gasteiger partial charge in [0.25, 0.3) is 0 Å². The number of nitrogens with one attached hydrogen (secondary N) is 2. The topological polar surface area (TPSA) is 80.8 Å². The first kappa shape index (κ1) is 22.2. The minimum atomic E-state index is 0.253. The third-order valence-corrected chi connectivity index (χ3v) is 6.11. The minimum absolute atomic E-state index is 0.253. The molecule has 0 aliphatic carbocycles. The SMILES string of the molecule is C[C@@H]1CCCCN1c1cc(Oc2ccccc2)nc(NC(=S)NCc2ccc3c(c2)OCO3)n1. The van der Waals surface area contributed by atoms with E-state index in [1.807, 2.05) is 54.6 Å². The fourth-order valence-electron chi connectivity index (χ4n) is 4.09. The molecule has 176 valence electrons. The summed E-state index contributed by atoms with van der Waals surface area (Å²) in [6.45, 7) is 3.96. The monoisotopic (exact) mass is 477 g/mol. The Morgan fingerprint density at radius 1 is 1.09 bits per heavy atom. The summed E-state index contributed by atoms with van der Waals surface area (Å²) in [6.07, 6.45) is 3.51. The number of para-hydroxylation sites is 1. The van der Waals surface area contributed by atoms with Crippen LogP contribution in [0.2, 0.25) is 0 Å². The highest BCUT2D eigenvalue weighted by atomic mass is 32.1. The molecule has 0 spiro atoms. The van der Waals surface area contributed by atoms with E-state index in [1.165, 1.54) is 6.42 Å². The third kappa shape index (κ3) is 5.31. The van der Waals surface area contributed by atoms with Crippen LogP contribution in [-0.4, -0.2) is 34.5 Å². The van der Waals surface area contributed by atoms with Crippen LogP contribution in [0.15, 0.2) is 54.6 Å². The molecule has 1 fully saturated rings. The maximum absolute atomic E-state index is 6.03. The predicted octanol–water partition coefficient (Wildman–Crippen LogP) is 4.86. The first-order valence-electron chi connectivity index (χ1n) is 11.5. The Kier molecular flexibility index (Phi) is 6.62. The van der Waals surface area contributed by atoms with Crippen molar-refractivity contribution in [2.45, 2.75) is 38.8 Å². The van der Waals surface area contributed by atoms with Gasteiger partial charge in [0, 0.05) is 25.2 Å². The van der Waals surface area contributed by atoms with Gasteiger partial charge in [-0.3, -0.25) is 0 Å². The van der Waals surface area contributed by atoms with Gasteiger partial charge >= 0.3 is 0 Å². The van der Waals surface area contributed by atoms with E-state index in [0.29, 0.717) is 35.3 Å². The summed E-state index contributed by atoms with van der Waals surface area (Å²) in [6, 6.07) is 17.7. The van der Waals surface area contributed by atoms with Gasteiger partial charge in [-0.2, -0.15) is 9.97 Å². The second-order valence-electron chi connectivity index (χ2n) is 8.34. The number of nitrogens with zero attached hydrogens (tertiary/aromatic N) is 3. The highest BCUT2D eigenvalue weighted by Gasteiger charge is 2.22. The fraction of sp³-hybridized carbons (Fsp3) is 0.320. The van der Waals surface area contributed by atoms with E-state index >= 15 is 0 Å². The summed E-state index contributed by atoms with van der Waals surface area (Å²) >= 11 is 5.52. The summed E-state index contributed by atoms with van der Waals surface area (Å²) in [5.41, 5.74) is 1.03. The molecule has 0 radical (unpaired) electrons. The molecule has 0 bridgehead atoms. The Morgan fingerprint density at radius 3 is 2.79 bits per heavy atom. The summed E-state index contributed by atoms with van der Waals surface area (Å²) in [5, 5.41) is 6.75. The quantitative estimate of drug-likeness (QED) is 0.484. The molecule has 1 aromatic heterocycles. The molecule has 2 aromatic carbocycles. The number of fused-ring (bicyclic) bond motifs is 1. The average molecular weight is 478 g/mol. The third-order valence-electron chi connectivity index (χ3n) is 5.87. The number of piperidine rings is 1. The molecule has 0 unspecified atom stereocenters. The maximum Gasteiger partial charge on any atom is 0.234 e. The van der Waals surface area contributed by atoms with E-state index < -0.39 is 0 Å². The molecule has 2 N–H and O–H groups in total. The van der Waals surface area contributed by atoms with Crippen LogP contribution in [0.4, 0.5) is 11.8 Å². The van der Waals surface area contributed by atoms with Crippen molar-refractivity contribution < 1.29 is 14.2 Å². The van der Waals surface area contributed by atoms with Crippen molar-refractivity contribution in [3.8, 4) is 23.1 Å². The number of rotatable bonds is 6. The largest absolute Gasteiger partial charge is 0.454 e. The van der Waals surface area contributed by atoms with E-state index in [9.17, 15) is 0 Å². The molecule has 1 atom stereocenters. The maximum atomic E-state index is 6.03. The van der Waals surface area contributed by atoms with Gasteiger partial charge < -0.3 is 29.7 Å². The standard InChI is InChI=1S/C25H27N5O3S/c1-17-7-5-6-12-30(17)22-14-23(33-19-8-3-2-4-9-19)28-24(27-22)29-25(34)26-15-18-10-11-20-21(13-18)32-16-31-20/h2-4,8-11,13-14,17H,5-7,12,15-16H2,1H3,(H2,26,27,28,29,34)/t17-/m1/s1. The first-order chi connectivity index (χ1) is 16.6. The molecule has 2 aliphatic heterocycles. The molecular weight excluding hydrogens is 450 g/mol. The van der Waals surface area contributed by atoms with Crippen molar-refractivity contribution in [2.75, 3.05) is 23.6 Å². The molecular formula is C25H27N5O3S. The number of ether oxygens (including phenoxy) is 3. The number of hydrogen-bond donors (Lipinski definition) is 2. The highest BCUT2D eigenvalue weighted by Crippen LogP contribution is 2.32. The van der Waals surface area contributed by atoms with Crippen molar-refractivity contribution >= 4 is 29.1 Å². The van der Waals surface area contributed by atoms with Crippen molar-refractivity contribution in [1.82, 2.24) is 15.3 Å². The first-order valence-corrected chi connectivity index (χ1v) is 11.9. The van der Waals surface area contributed by atoms with E-state index in [1.54, 1.807) is 0 Å². The van der Waals surface area contributed by atoms with Gasteiger partial charge in [0.2, 0.25) is 18.6 Å². The lowest BCUT2D eigenvalue weighted by Gasteiger charge is -2.34. The highest BCUT2D eigenvalue weighted by molar-refractivity contribution is 7.80. The average Bonchev–Trinajstić information content (AvgIpc) is 3.31. The Bertz CT molecular complexity index is 1160. The lowest BCUT2D eigenvalue weighted by atomic mass is 10.0. The van der Waals surface area contributed by atoms with E-state index in [2.05, 4.69) is 27.4 Å². The second kappa shape index (κ2) is 10.1. The van der Waals surface area contributed by atoms with Crippen LogP contribution in [0, 0.1) is 0 Å². The lowest BCUT2D eigenvalue weighted by Crippen LogP contribution is -2.38. The van der Waals surface area contributed by atoms with Gasteiger partial charge in [0.05, 0.1) is 0 Å². The second-order valence-corrected chi connectivity index (χ2v) is 8.74. The minimum Gasteiger partial charge on any atom is -0.454 e. The zero-order valence-electron chi connectivity index (χ0n) is 19.0. The van der Waals surface area contributed by atoms with Crippen molar-refractivity contribution in [2.24, 2.45) is 0 Å². The van der Waals surface area contributed by atoms with Crippen LogP contribution < -0.4 is 29.7 Å². The number of benzene rings is 2. The molecule has 3 heterocycles. The Labute approximate surface area is 204 Å². The zero-order chi connectivity index (χ0) is 23.3.